The fourth-order valence-electron chi connectivity index (χ4n) is 3.83. The minimum absolute atomic E-state index is 0.0971. The average Bonchev–Trinajstić information content (AvgIpc) is 3.30. The second-order valence-electron chi connectivity index (χ2n) is 6.51. The van der Waals surface area contributed by atoms with E-state index in [9.17, 15) is 4.79 Å². The number of hydrogen-bond donors (Lipinski definition) is 3. The monoisotopic (exact) mass is 366 g/mol. The zero-order valence-electron chi connectivity index (χ0n) is 14.2. The molecule has 2 atom stereocenters. The normalized spacial score (nSPS) is 23.8. The van der Waals surface area contributed by atoms with Gasteiger partial charge in [0, 0.05) is 35.4 Å². The number of esters is 1. The number of fused-ring (bicyclic) bond motifs is 4. The third-order valence-corrected chi connectivity index (χ3v) is 5.81. The summed E-state index contributed by atoms with van der Waals surface area (Å²) >= 11 is 1.53. The summed E-state index contributed by atoms with van der Waals surface area (Å²) in [6, 6.07) is 7.77. The Morgan fingerprint density at radius 1 is 1.35 bits per heavy atom. The van der Waals surface area contributed by atoms with Crippen molar-refractivity contribution in [1.29, 1.82) is 0 Å². The fourth-order valence-corrected chi connectivity index (χ4v) is 4.44. The van der Waals surface area contributed by atoms with Crippen LogP contribution >= 0.6 is 12.1 Å². The molecule has 7 heteroatoms. The van der Waals surface area contributed by atoms with Gasteiger partial charge < -0.3 is 14.4 Å². The van der Waals surface area contributed by atoms with E-state index in [1.807, 2.05) is 24.5 Å². The summed E-state index contributed by atoms with van der Waals surface area (Å²) in [4.78, 5) is 15.8. The van der Waals surface area contributed by atoms with Crippen molar-refractivity contribution in [3.63, 3.8) is 0 Å². The van der Waals surface area contributed by atoms with Crippen molar-refractivity contribution in [2.75, 3.05) is 7.11 Å². The summed E-state index contributed by atoms with van der Waals surface area (Å²) in [5.41, 5.74) is 5.60. The van der Waals surface area contributed by atoms with Crippen molar-refractivity contribution in [2.45, 2.75) is 18.5 Å². The molecule has 0 fully saturated rings. The van der Waals surface area contributed by atoms with Gasteiger partial charge in [-0.05, 0) is 29.4 Å². The van der Waals surface area contributed by atoms with Crippen molar-refractivity contribution >= 4 is 29.0 Å². The number of nitrogens with zero attached hydrogens (tertiary/aromatic N) is 1. The number of aromatic nitrogens is 1. The molecule has 3 aliphatic heterocycles. The zero-order chi connectivity index (χ0) is 17.7. The van der Waals surface area contributed by atoms with Crippen LogP contribution in [0, 0.1) is 0 Å². The number of nitrogens with one attached hydrogen (secondary N) is 3. The van der Waals surface area contributed by atoms with Gasteiger partial charge in [-0.2, -0.15) is 0 Å². The summed E-state index contributed by atoms with van der Waals surface area (Å²) in [5.74, 6) is -0.231. The first-order chi connectivity index (χ1) is 12.7. The predicted molar refractivity (Wildman–Crippen MR) is 102 cm³/mol. The number of ether oxygens (including phenoxy) is 1. The van der Waals surface area contributed by atoms with Crippen LogP contribution in [0.4, 0.5) is 0 Å². The summed E-state index contributed by atoms with van der Waals surface area (Å²) in [5, 5.41) is 4.64. The summed E-state index contributed by atoms with van der Waals surface area (Å²) < 4.78 is 10.2. The van der Waals surface area contributed by atoms with E-state index in [0.717, 1.165) is 22.5 Å². The minimum atomic E-state index is -0.367. The van der Waals surface area contributed by atoms with Gasteiger partial charge in [-0.15, -0.1) is 0 Å². The molecule has 0 saturated heterocycles. The van der Waals surface area contributed by atoms with Crippen LogP contribution < -0.4 is 10.0 Å². The highest BCUT2D eigenvalue weighted by atomic mass is 32.2. The molecular weight excluding hydrogens is 348 g/mol. The van der Waals surface area contributed by atoms with Crippen molar-refractivity contribution in [1.82, 2.24) is 19.3 Å². The summed E-state index contributed by atoms with van der Waals surface area (Å²) in [6.45, 7) is 0. The van der Waals surface area contributed by atoms with Gasteiger partial charge in [0.1, 0.15) is 6.04 Å². The van der Waals surface area contributed by atoms with Crippen LogP contribution in [0.3, 0.4) is 0 Å². The van der Waals surface area contributed by atoms with Crippen molar-refractivity contribution < 1.29 is 9.53 Å². The Labute approximate surface area is 155 Å². The maximum atomic E-state index is 12.3. The predicted octanol–water partition coefficient (Wildman–Crippen LogP) is 2.66. The molecule has 0 amide bonds. The molecule has 2 aromatic rings. The SMILES string of the molecule is COC(=O)[C@H]1Cc2c([nH]c3ccccc23)[C@H](C2=CC3=CNSN3C=C2)N1. The third kappa shape index (κ3) is 2.35. The molecule has 5 rings (SSSR count). The maximum Gasteiger partial charge on any atom is 0.323 e. The molecule has 0 saturated carbocycles. The van der Waals surface area contributed by atoms with Gasteiger partial charge in [0.05, 0.1) is 31.0 Å². The van der Waals surface area contributed by atoms with E-state index in [4.69, 9.17) is 4.74 Å². The molecule has 0 radical (unpaired) electrons. The number of rotatable bonds is 2. The Balaban J connectivity index is 1.63. The Kier molecular flexibility index (Phi) is 3.58. The van der Waals surface area contributed by atoms with E-state index in [0.29, 0.717) is 6.42 Å². The highest BCUT2D eigenvalue weighted by Crippen LogP contribution is 2.38. The standard InChI is InChI=1S/C19H18N4O2S/c1-25-19(24)16-9-14-13-4-2-3-5-15(13)21-18(14)17(22-16)11-6-7-23-12(8-11)10-20-26-23/h2-8,10,16-17,20-22H,9H2,1H3/t16-,17+/m1/s1. The molecule has 132 valence electrons. The van der Waals surface area contributed by atoms with Gasteiger partial charge in [-0.25, -0.2) is 0 Å². The first-order valence-electron chi connectivity index (χ1n) is 8.49. The first kappa shape index (κ1) is 15.6. The number of carbonyl (C=O) groups excluding carboxylic acids is 1. The van der Waals surface area contributed by atoms with E-state index in [2.05, 4.69) is 43.6 Å². The molecule has 1 aromatic heterocycles. The van der Waals surface area contributed by atoms with Crippen molar-refractivity contribution in [3.05, 3.63) is 71.3 Å². The molecule has 0 aliphatic carbocycles. The van der Waals surface area contributed by atoms with Gasteiger partial charge in [0.2, 0.25) is 0 Å². The van der Waals surface area contributed by atoms with Crippen LogP contribution in [-0.4, -0.2) is 28.4 Å². The number of benzene rings is 1. The molecule has 3 aliphatic rings. The smallest absolute Gasteiger partial charge is 0.323 e. The lowest BCUT2D eigenvalue weighted by molar-refractivity contribution is -0.143. The lowest BCUT2D eigenvalue weighted by atomic mass is 9.89. The first-order valence-corrected chi connectivity index (χ1v) is 9.27. The number of aromatic amines is 1. The second kappa shape index (κ2) is 5.96. The van der Waals surface area contributed by atoms with E-state index in [1.54, 1.807) is 0 Å². The molecule has 3 N–H and O–H groups in total. The molecule has 0 spiro atoms. The number of hydrogen-bond acceptors (Lipinski definition) is 6. The molecule has 1 aromatic carbocycles. The van der Waals surface area contributed by atoms with Crippen molar-refractivity contribution in [2.24, 2.45) is 0 Å². The third-order valence-electron chi connectivity index (χ3n) is 5.06. The Morgan fingerprint density at radius 3 is 3.12 bits per heavy atom. The number of para-hydroxylation sites is 1. The Bertz CT molecular complexity index is 991. The van der Waals surface area contributed by atoms with Gasteiger partial charge >= 0.3 is 5.97 Å². The van der Waals surface area contributed by atoms with Crippen LogP contribution in [0.15, 0.2) is 60.1 Å². The molecule has 0 unspecified atom stereocenters. The molecule has 0 bridgehead atoms. The quantitative estimate of drug-likeness (QED) is 0.561. The maximum absolute atomic E-state index is 12.3. The highest BCUT2D eigenvalue weighted by molar-refractivity contribution is 7.95. The molecule has 4 heterocycles. The van der Waals surface area contributed by atoms with Gasteiger partial charge in [0.25, 0.3) is 0 Å². The lowest BCUT2D eigenvalue weighted by Gasteiger charge is -2.32. The molecular formula is C19H18N4O2S. The summed E-state index contributed by atoms with van der Waals surface area (Å²) in [6.07, 6.45) is 8.85. The van der Waals surface area contributed by atoms with E-state index in [-0.39, 0.29) is 18.1 Å². The van der Waals surface area contributed by atoms with Gasteiger partial charge in [-0.1, -0.05) is 18.2 Å². The highest BCUT2D eigenvalue weighted by Gasteiger charge is 2.35. The minimum Gasteiger partial charge on any atom is -0.468 e. The van der Waals surface area contributed by atoms with E-state index < -0.39 is 0 Å². The van der Waals surface area contributed by atoms with Crippen LogP contribution in [0.5, 0.6) is 0 Å². The number of carbonyl (C=O) groups is 1. The van der Waals surface area contributed by atoms with Crippen molar-refractivity contribution in [3.8, 4) is 0 Å². The van der Waals surface area contributed by atoms with E-state index in [1.165, 1.54) is 30.2 Å². The topological polar surface area (TPSA) is 69.4 Å². The van der Waals surface area contributed by atoms with Crippen LogP contribution in [0.25, 0.3) is 10.9 Å². The number of H-pyrrole nitrogens is 1. The Morgan fingerprint density at radius 2 is 2.23 bits per heavy atom. The molecule has 6 nitrogen and oxygen atoms in total. The van der Waals surface area contributed by atoms with Crippen LogP contribution in [0.1, 0.15) is 17.3 Å². The lowest BCUT2D eigenvalue weighted by Crippen LogP contribution is -2.45. The number of allylic oxidation sites excluding steroid dienone is 1. The van der Waals surface area contributed by atoms with Crippen LogP contribution in [-0.2, 0) is 16.0 Å². The van der Waals surface area contributed by atoms with Gasteiger partial charge in [-0.3, -0.25) is 14.4 Å². The second-order valence-corrected chi connectivity index (χ2v) is 7.32. The summed E-state index contributed by atoms with van der Waals surface area (Å²) in [7, 11) is 1.44. The van der Waals surface area contributed by atoms with Gasteiger partial charge in [0.15, 0.2) is 0 Å². The number of methoxy groups -OCH3 is 1. The largest absolute Gasteiger partial charge is 0.468 e. The fraction of sp³-hybridized carbons (Fsp3) is 0.211. The molecule has 26 heavy (non-hydrogen) atoms. The van der Waals surface area contributed by atoms with Crippen LogP contribution in [0.2, 0.25) is 0 Å². The zero-order valence-corrected chi connectivity index (χ0v) is 15.0. The Hall–Kier alpha value is -2.64. The van der Waals surface area contributed by atoms with E-state index >= 15 is 0 Å². The average molecular weight is 366 g/mol.